The minimum Gasteiger partial charge on any atom is -0.497 e. The van der Waals surface area contributed by atoms with Crippen LogP contribution < -0.4 is 15.2 Å². The van der Waals surface area contributed by atoms with Crippen LogP contribution in [0.2, 0.25) is 5.02 Å². The standard InChI is InChI=1S/C14H18ClN3O2/c1-8-13(15)14(16)18(17-8)9(2)11-7-10(19-3)5-6-12(11)20-4/h5-7,9H,16H2,1-4H3. The molecule has 6 heteroatoms. The molecule has 5 nitrogen and oxygen atoms in total. The monoisotopic (exact) mass is 295 g/mol. The number of halogens is 1. The van der Waals surface area contributed by atoms with Crippen LogP contribution >= 0.6 is 11.6 Å². The maximum Gasteiger partial charge on any atom is 0.141 e. The fourth-order valence-electron chi connectivity index (χ4n) is 2.14. The van der Waals surface area contributed by atoms with Crippen LogP contribution in [-0.2, 0) is 0 Å². The highest BCUT2D eigenvalue weighted by Gasteiger charge is 2.20. The Hall–Kier alpha value is -1.88. The maximum absolute atomic E-state index is 6.10. The van der Waals surface area contributed by atoms with Crippen LogP contribution in [-0.4, -0.2) is 24.0 Å². The lowest BCUT2D eigenvalue weighted by atomic mass is 10.1. The average Bonchev–Trinajstić information content (AvgIpc) is 2.73. The fourth-order valence-corrected chi connectivity index (χ4v) is 2.26. The molecule has 2 aromatic rings. The molecular weight excluding hydrogens is 278 g/mol. The van der Waals surface area contributed by atoms with Crippen molar-refractivity contribution in [2.24, 2.45) is 0 Å². The molecule has 1 aromatic heterocycles. The first-order valence-corrected chi connectivity index (χ1v) is 6.59. The molecule has 0 spiro atoms. The predicted molar refractivity (Wildman–Crippen MR) is 79.7 cm³/mol. The first-order valence-electron chi connectivity index (χ1n) is 6.21. The normalized spacial score (nSPS) is 12.2. The minimum atomic E-state index is -0.119. The average molecular weight is 296 g/mol. The zero-order chi connectivity index (χ0) is 14.9. The number of nitrogens with zero attached hydrogens (tertiary/aromatic N) is 2. The van der Waals surface area contributed by atoms with Crippen molar-refractivity contribution in [3.8, 4) is 11.5 Å². The molecule has 0 saturated carbocycles. The highest BCUT2D eigenvalue weighted by molar-refractivity contribution is 6.33. The van der Waals surface area contributed by atoms with Crippen LogP contribution in [0, 0.1) is 6.92 Å². The number of hydrogen-bond donors (Lipinski definition) is 1. The molecule has 1 unspecified atom stereocenters. The van der Waals surface area contributed by atoms with Gasteiger partial charge in [-0.05, 0) is 32.0 Å². The Bertz CT molecular complexity index is 625. The summed E-state index contributed by atoms with van der Waals surface area (Å²) in [6.07, 6.45) is 0. The van der Waals surface area contributed by atoms with E-state index in [4.69, 9.17) is 26.8 Å². The van der Waals surface area contributed by atoms with Gasteiger partial charge in [-0.2, -0.15) is 5.10 Å². The van der Waals surface area contributed by atoms with E-state index < -0.39 is 0 Å². The van der Waals surface area contributed by atoms with E-state index in [-0.39, 0.29) is 6.04 Å². The molecule has 0 aliphatic heterocycles. The Morgan fingerprint density at radius 2 is 2.00 bits per heavy atom. The summed E-state index contributed by atoms with van der Waals surface area (Å²) in [7, 11) is 3.25. The van der Waals surface area contributed by atoms with Gasteiger partial charge in [-0.25, -0.2) is 4.68 Å². The summed E-state index contributed by atoms with van der Waals surface area (Å²) in [5.74, 6) is 1.95. The molecule has 0 bridgehead atoms. The maximum atomic E-state index is 6.10. The summed E-state index contributed by atoms with van der Waals surface area (Å²) in [5, 5.41) is 4.87. The molecule has 1 atom stereocenters. The number of hydrogen-bond acceptors (Lipinski definition) is 4. The molecule has 2 rings (SSSR count). The molecular formula is C14H18ClN3O2. The zero-order valence-corrected chi connectivity index (χ0v) is 12.7. The summed E-state index contributed by atoms with van der Waals surface area (Å²) >= 11 is 6.10. The SMILES string of the molecule is COc1ccc(OC)c(C(C)n2nc(C)c(Cl)c2N)c1. The largest absolute Gasteiger partial charge is 0.497 e. The van der Waals surface area contributed by atoms with Crippen LogP contribution in [0.15, 0.2) is 18.2 Å². The lowest BCUT2D eigenvalue weighted by molar-refractivity contribution is 0.391. The summed E-state index contributed by atoms with van der Waals surface area (Å²) in [6, 6.07) is 5.50. The number of ether oxygens (including phenoxy) is 2. The van der Waals surface area contributed by atoms with E-state index in [0.29, 0.717) is 16.5 Å². The van der Waals surface area contributed by atoms with E-state index in [9.17, 15) is 0 Å². The van der Waals surface area contributed by atoms with Crippen molar-refractivity contribution in [2.75, 3.05) is 20.0 Å². The van der Waals surface area contributed by atoms with Gasteiger partial charge < -0.3 is 15.2 Å². The number of anilines is 1. The van der Waals surface area contributed by atoms with Crippen LogP contribution in [0.4, 0.5) is 5.82 Å². The van der Waals surface area contributed by atoms with E-state index >= 15 is 0 Å². The minimum absolute atomic E-state index is 0.119. The quantitative estimate of drug-likeness (QED) is 0.941. The van der Waals surface area contributed by atoms with Crippen molar-refractivity contribution in [2.45, 2.75) is 19.9 Å². The van der Waals surface area contributed by atoms with E-state index in [1.54, 1.807) is 18.9 Å². The highest BCUT2D eigenvalue weighted by atomic mass is 35.5. The molecule has 0 fully saturated rings. The molecule has 108 valence electrons. The topological polar surface area (TPSA) is 62.3 Å². The first-order chi connectivity index (χ1) is 9.49. The number of aromatic nitrogens is 2. The Labute approximate surface area is 123 Å². The zero-order valence-electron chi connectivity index (χ0n) is 12.0. The Morgan fingerprint density at radius 3 is 2.50 bits per heavy atom. The van der Waals surface area contributed by atoms with Crippen molar-refractivity contribution < 1.29 is 9.47 Å². The van der Waals surface area contributed by atoms with Crippen molar-refractivity contribution in [3.05, 3.63) is 34.5 Å². The Kier molecular flexibility index (Phi) is 4.09. The van der Waals surface area contributed by atoms with E-state index in [1.165, 1.54) is 0 Å². The highest BCUT2D eigenvalue weighted by Crippen LogP contribution is 2.34. The summed E-state index contributed by atoms with van der Waals surface area (Å²) in [6.45, 7) is 3.81. The molecule has 20 heavy (non-hydrogen) atoms. The van der Waals surface area contributed by atoms with Gasteiger partial charge in [0, 0.05) is 5.56 Å². The molecule has 0 amide bonds. The third-order valence-electron chi connectivity index (χ3n) is 3.30. The molecule has 1 heterocycles. The van der Waals surface area contributed by atoms with Crippen molar-refractivity contribution in [1.82, 2.24) is 9.78 Å². The summed E-state index contributed by atoms with van der Waals surface area (Å²) in [4.78, 5) is 0. The van der Waals surface area contributed by atoms with Crippen LogP contribution in [0.5, 0.6) is 11.5 Å². The van der Waals surface area contributed by atoms with E-state index in [0.717, 1.165) is 17.1 Å². The van der Waals surface area contributed by atoms with E-state index in [2.05, 4.69) is 5.10 Å². The molecule has 0 aliphatic rings. The predicted octanol–water partition coefficient (Wildman–Crippen LogP) is 3.05. The Balaban J connectivity index is 2.51. The number of rotatable bonds is 4. The van der Waals surface area contributed by atoms with Gasteiger partial charge in [0.05, 0.1) is 26.0 Å². The molecule has 1 aromatic carbocycles. The summed E-state index contributed by atoms with van der Waals surface area (Å²) in [5.41, 5.74) is 7.64. The number of nitrogen functional groups attached to an aromatic ring is 1. The number of nitrogens with two attached hydrogens (primary N) is 1. The second-order valence-electron chi connectivity index (χ2n) is 4.51. The van der Waals surface area contributed by atoms with Crippen LogP contribution in [0.1, 0.15) is 24.2 Å². The third-order valence-corrected chi connectivity index (χ3v) is 3.77. The third kappa shape index (κ3) is 2.41. The fraction of sp³-hybridized carbons (Fsp3) is 0.357. The van der Waals surface area contributed by atoms with Gasteiger partial charge in [0.25, 0.3) is 0 Å². The van der Waals surface area contributed by atoms with Gasteiger partial charge in [0.1, 0.15) is 22.3 Å². The van der Waals surface area contributed by atoms with Crippen molar-refractivity contribution >= 4 is 17.4 Å². The van der Waals surface area contributed by atoms with Crippen molar-refractivity contribution in [3.63, 3.8) is 0 Å². The van der Waals surface area contributed by atoms with Crippen molar-refractivity contribution in [1.29, 1.82) is 0 Å². The van der Waals surface area contributed by atoms with Crippen LogP contribution in [0.3, 0.4) is 0 Å². The molecule has 0 radical (unpaired) electrons. The second-order valence-corrected chi connectivity index (χ2v) is 4.89. The lowest BCUT2D eigenvalue weighted by Crippen LogP contribution is -2.12. The van der Waals surface area contributed by atoms with Gasteiger partial charge in [-0.3, -0.25) is 0 Å². The number of aryl methyl sites for hydroxylation is 1. The molecule has 0 saturated heterocycles. The molecule has 2 N–H and O–H groups in total. The van der Waals surface area contributed by atoms with Gasteiger partial charge in [0.2, 0.25) is 0 Å². The second kappa shape index (κ2) is 5.63. The smallest absolute Gasteiger partial charge is 0.141 e. The Morgan fingerprint density at radius 1 is 1.30 bits per heavy atom. The first kappa shape index (κ1) is 14.5. The van der Waals surface area contributed by atoms with Gasteiger partial charge in [-0.1, -0.05) is 11.6 Å². The van der Waals surface area contributed by atoms with Gasteiger partial charge >= 0.3 is 0 Å². The van der Waals surface area contributed by atoms with Crippen LogP contribution in [0.25, 0.3) is 0 Å². The van der Waals surface area contributed by atoms with E-state index in [1.807, 2.05) is 32.0 Å². The number of methoxy groups -OCH3 is 2. The lowest BCUT2D eigenvalue weighted by Gasteiger charge is -2.18. The van der Waals surface area contributed by atoms with Gasteiger partial charge in [0.15, 0.2) is 0 Å². The number of benzene rings is 1. The summed E-state index contributed by atoms with van der Waals surface area (Å²) < 4.78 is 12.3. The van der Waals surface area contributed by atoms with Gasteiger partial charge in [-0.15, -0.1) is 0 Å². The molecule has 0 aliphatic carbocycles.